The minimum Gasteiger partial charge on any atom is -0.509 e. The number of para-hydroxylation sites is 1. The monoisotopic (exact) mass is 178 g/mol. The topological polar surface area (TPSA) is 62.8 Å². The summed E-state index contributed by atoms with van der Waals surface area (Å²) in [6.45, 7) is 0. The van der Waals surface area contributed by atoms with Gasteiger partial charge in [-0.1, -0.05) is 12.1 Å². The van der Waals surface area contributed by atoms with Crippen molar-refractivity contribution in [3.8, 4) is 5.75 Å². The molecule has 0 fully saturated rings. The maximum absolute atomic E-state index is 8.59. The quantitative estimate of drug-likeness (QED) is 0.667. The maximum atomic E-state index is 8.59. The molecule has 2 aromatic rings. The van der Waals surface area contributed by atoms with Crippen LogP contribution in [0.5, 0.6) is 5.75 Å². The summed E-state index contributed by atoms with van der Waals surface area (Å²) in [4.78, 5) is 0. The summed E-state index contributed by atoms with van der Waals surface area (Å²) >= 11 is 0. The molecule has 0 amide bonds. The molecule has 1 aromatic carbocycles. The number of fused-ring (bicyclic) bond motifs is 1. The second-order valence-electron chi connectivity index (χ2n) is 2.54. The van der Waals surface area contributed by atoms with Crippen LogP contribution in [-0.4, -0.2) is 17.4 Å². The molecule has 0 atom stereocenters. The highest BCUT2D eigenvalue weighted by atomic mass is 16.6. The molecular formula is C8H7BO4. The first-order valence-electron chi connectivity index (χ1n) is 3.76. The van der Waals surface area contributed by atoms with Gasteiger partial charge in [0.05, 0.1) is 6.26 Å². The van der Waals surface area contributed by atoms with E-state index in [1.807, 2.05) is 6.07 Å². The van der Waals surface area contributed by atoms with Crippen LogP contribution in [0, 0.1) is 0 Å². The lowest BCUT2D eigenvalue weighted by Gasteiger charge is -2.03. The molecule has 0 aliphatic heterocycles. The average Bonchev–Trinajstić information content (AvgIpc) is 2.51. The summed E-state index contributed by atoms with van der Waals surface area (Å²) in [6.07, 6.45) is 1.52. The summed E-state index contributed by atoms with van der Waals surface area (Å²) in [6, 6.07) is 6.96. The second-order valence-corrected chi connectivity index (χ2v) is 2.54. The van der Waals surface area contributed by atoms with Crippen LogP contribution < -0.4 is 4.65 Å². The van der Waals surface area contributed by atoms with Crippen molar-refractivity contribution in [2.24, 2.45) is 0 Å². The second kappa shape index (κ2) is 3.12. The van der Waals surface area contributed by atoms with E-state index in [1.54, 1.807) is 18.2 Å². The van der Waals surface area contributed by atoms with Crippen molar-refractivity contribution in [3.63, 3.8) is 0 Å². The molecule has 4 nitrogen and oxygen atoms in total. The Labute approximate surface area is 74.5 Å². The molecule has 2 rings (SSSR count). The Morgan fingerprint density at radius 3 is 2.85 bits per heavy atom. The minimum absolute atomic E-state index is 0.317. The highest BCUT2D eigenvalue weighted by molar-refractivity contribution is 6.34. The zero-order valence-electron chi connectivity index (χ0n) is 6.68. The average molecular weight is 178 g/mol. The van der Waals surface area contributed by atoms with E-state index in [0.29, 0.717) is 11.3 Å². The van der Waals surface area contributed by atoms with Crippen molar-refractivity contribution in [1.29, 1.82) is 0 Å². The Morgan fingerprint density at radius 2 is 2.08 bits per heavy atom. The van der Waals surface area contributed by atoms with Crippen LogP contribution in [0.25, 0.3) is 11.0 Å². The van der Waals surface area contributed by atoms with Gasteiger partial charge in [0.15, 0.2) is 5.58 Å². The van der Waals surface area contributed by atoms with Crippen molar-refractivity contribution in [2.75, 3.05) is 0 Å². The summed E-state index contributed by atoms with van der Waals surface area (Å²) < 4.78 is 9.81. The van der Waals surface area contributed by atoms with Crippen molar-refractivity contribution < 1.29 is 19.1 Å². The van der Waals surface area contributed by atoms with Crippen LogP contribution in [0.3, 0.4) is 0 Å². The van der Waals surface area contributed by atoms with Gasteiger partial charge in [0.2, 0.25) is 0 Å². The normalized spacial score (nSPS) is 10.3. The molecule has 0 saturated heterocycles. The fourth-order valence-corrected chi connectivity index (χ4v) is 1.17. The summed E-state index contributed by atoms with van der Waals surface area (Å²) in [5, 5.41) is 18.0. The summed E-state index contributed by atoms with van der Waals surface area (Å²) in [5.41, 5.74) is 0.510. The Balaban J connectivity index is 2.48. The molecule has 1 aromatic heterocycles. The van der Waals surface area contributed by atoms with E-state index in [9.17, 15) is 0 Å². The lowest BCUT2D eigenvalue weighted by molar-refractivity contribution is 0.288. The van der Waals surface area contributed by atoms with Gasteiger partial charge in [0, 0.05) is 5.39 Å². The van der Waals surface area contributed by atoms with Gasteiger partial charge in [-0.2, -0.15) is 0 Å². The minimum atomic E-state index is -1.82. The van der Waals surface area contributed by atoms with E-state index >= 15 is 0 Å². The third-order valence-corrected chi connectivity index (χ3v) is 1.68. The Bertz CT molecular complexity index is 409. The number of benzene rings is 1. The third kappa shape index (κ3) is 1.51. The summed E-state index contributed by atoms with van der Waals surface area (Å²) in [5.74, 6) is 0.317. The Morgan fingerprint density at radius 1 is 1.23 bits per heavy atom. The van der Waals surface area contributed by atoms with Gasteiger partial charge < -0.3 is 19.1 Å². The van der Waals surface area contributed by atoms with Gasteiger partial charge in [0.1, 0.15) is 5.75 Å². The Hall–Kier alpha value is -1.46. The smallest absolute Gasteiger partial charge is 0.509 e. The first-order chi connectivity index (χ1) is 6.27. The van der Waals surface area contributed by atoms with Crippen LogP contribution in [0.15, 0.2) is 34.9 Å². The van der Waals surface area contributed by atoms with E-state index in [1.165, 1.54) is 6.26 Å². The highest BCUT2D eigenvalue weighted by Gasteiger charge is 2.14. The molecule has 0 spiro atoms. The van der Waals surface area contributed by atoms with E-state index in [-0.39, 0.29) is 0 Å². The van der Waals surface area contributed by atoms with Gasteiger partial charge in [0.25, 0.3) is 0 Å². The summed E-state index contributed by atoms with van der Waals surface area (Å²) in [7, 11) is -1.82. The lowest BCUT2D eigenvalue weighted by atomic mass is 10.2. The fraction of sp³-hybridized carbons (Fsp3) is 0. The van der Waals surface area contributed by atoms with Crippen molar-refractivity contribution in [1.82, 2.24) is 0 Å². The zero-order chi connectivity index (χ0) is 9.26. The van der Waals surface area contributed by atoms with Crippen LogP contribution in [0.4, 0.5) is 0 Å². The lowest BCUT2D eigenvalue weighted by Crippen LogP contribution is -2.20. The van der Waals surface area contributed by atoms with Gasteiger partial charge in [-0.05, 0) is 12.1 Å². The predicted octanol–water partition coefficient (Wildman–Crippen LogP) is 0.781. The number of rotatable bonds is 2. The molecule has 0 bridgehead atoms. The van der Waals surface area contributed by atoms with E-state index in [0.717, 1.165) is 5.39 Å². The molecule has 66 valence electrons. The van der Waals surface area contributed by atoms with E-state index < -0.39 is 7.32 Å². The zero-order valence-corrected chi connectivity index (χ0v) is 6.68. The molecule has 13 heavy (non-hydrogen) atoms. The largest absolute Gasteiger partial charge is 0.707 e. The third-order valence-electron chi connectivity index (χ3n) is 1.68. The maximum Gasteiger partial charge on any atom is 0.707 e. The number of hydrogen-bond donors (Lipinski definition) is 2. The Kier molecular flexibility index (Phi) is 1.96. The van der Waals surface area contributed by atoms with E-state index in [2.05, 4.69) is 0 Å². The van der Waals surface area contributed by atoms with Crippen molar-refractivity contribution >= 4 is 18.3 Å². The molecule has 0 saturated carbocycles. The molecule has 0 aliphatic rings. The molecule has 2 N–H and O–H groups in total. The van der Waals surface area contributed by atoms with Crippen molar-refractivity contribution in [3.05, 3.63) is 30.5 Å². The van der Waals surface area contributed by atoms with Crippen LogP contribution in [0.1, 0.15) is 0 Å². The van der Waals surface area contributed by atoms with Gasteiger partial charge in [-0.25, -0.2) is 0 Å². The van der Waals surface area contributed by atoms with Gasteiger partial charge in [-0.3, -0.25) is 0 Å². The molecule has 1 heterocycles. The molecular weight excluding hydrogens is 171 g/mol. The van der Waals surface area contributed by atoms with Gasteiger partial charge >= 0.3 is 7.32 Å². The molecule has 0 aliphatic carbocycles. The molecule has 0 radical (unpaired) electrons. The SMILES string of the molecule is OB(O)Oc1cccc2ccoc12. The molecule has 0 unspecified atom stereocenters. The number of furan rings is 1. The predicted molar refractivity (Wildman–Crippen MR) is 47.0 cm³/mol. The van der Waals surface area contributed by atoms with E-state index in [4.69, 9.17) is 19.1 Å². The first kappa shape index (κ1) is 8.16. The highest BCUT2D eigenvalue weighted by Crippen LogP contribution is 2.26. The van der Waals surface area contributed by atoms with Crippen LogP contribution in [0.2, 0.25) is 0 Å². The van der Waals surface area contributed by atoms with Crippen molar-refractivity contribution in [2.45, 2.75) is 0 Å². The first-order valence-corrected chi connectivity index (χ1v) is 3.76. The van der Waals surface area contributed by atoms with Crippen LogP contribution in [-0.2, 0) is 0 Å². The fourth-order valence-electron chi connectivity index (χ4n) is 1.17. The molecule has 5 heteroatoms. The van der Waals surface area contributed by atoms with Gasteiger partial charge in [-0.15, -0.1) is 0 Å². The van der Waals surface area contributed by atoms with Crippen LogP contribution >= 0.6 is 0 Å². The standard InChI is InChI=1S/C8H7BO4/c10-9(11)13-7-3-1-2-6-4-5-12-8(6)7/h1-5,10-11H. The number of hydrogen-bond acceptors (Lipinski definition) is 4.